The Morgan fingerprint density at radius 3 is 2.53 bits per heavy atom. The summed E-state index contributed by atoms with van der Waals surface area (Å²) in [7, 11) is 0. The molecule has 92 valence electrons. The smallest absolute Gasteiger partial charge is 0.407 e. The first-order chi connectivity index (χ1) is 8.16. The second-order valence-corrected chi connectivity index (χ2v) is 4.56. The fourth-order valence-corrected chi connectivity index (χ4v) is 1.83. The van der Waals surface area contributed by atoms with E-state index in [1.807, 2.05) is 30.3 Å². The molecule has 1 saturated carbocycles. The van der Waals surface area contributed by atoms with Crippen molar-refractivity contribution in [3.63, 3.8) is 0 Å². The molecule has 4 nitrogen and oxygen atoms in total. The second kappa shape index (κ2) is 5.19. The molecule has 1 amide bonds. The molecule has 17 heavy (non-hydrogen) atoms. The van der Waals surface area contributed by atoms with Gasteiger partial charge in [-0.3, -0.25) is 0 Å². The molecule has 0 saturated heterocycles. The number of aliphatic hydroxyl groups excluding tert-OH is 1. The Morgan fingerprint density at radius 1 is 1.35 bits per heavy atom. The van der Waals surface area contributed by atoms with Gasteiger partial charge in [0.1, 0.15) is 0 Å². The van der Waals surface area contributed by atoms with Crippen molar-refractivity contribution in [2.75, 3.05) is 13.1 Å². The lowest BCUT2D eigenvalue weighted by Gasteiger charge is -2.22. The van der Waals surface area contributed by atoms with Crippen LogP contribution in [0.15, 0.2) is 30.3 Å². The molecular weight excluding hydrogens is 218 g/mol. The van der Waals surface area contributed by atoms with Gasteiger partial charge in [-0.2, -0.15) is 0 Å². The summed E-state index contributed by atoms with van der Waals surface area (Å²) < 4.78 is 0. The molecule has 1 atom stereocenters. The minimum atomic E-state index is -0.952. The van der Waals surface area contributed by atoms with Gasteiger partial charge in [-0.25, -0.2) is 4.79 Å². The summed E-state index contributed by atoms with van der Waals surface area (Å²) in [4.78, 5) is 12.4. The van der Waals surface area contributed by atoms with Crippen molar-refractivity contribution in [3.05, 3.63) is 35.9 Å². The largest absolute Gasteiger partial charge is 0.465 e. The maximum Gasteiger partial charge on any atom is 0.407 e. The fraction of sp³-hybridized carbons (Fsp3) is 0.462. The lowest BCUT2D eigenvalue weighted by atomic mass is 10.1. The summed E-state index contributed by atoms with van der Waals surface area (Å²) in [6, 6.07) is 9.16. The van der Waals surface area contributed by atoms with Crippen LogP contribution in [0.25, 0.3) is 0 Å². The van der Waals surface area contributed by atoms with Gasteiger partial charge < -0.3 is 15.1 Å². The van der Waals surface area contributed by atoms with Gasteiger partial charge in [0, 0.05) is 6.54 Å². The zero-order valence-corrected chi connectivity index (χ0v) is 9.62. The Labute approximate surface area is 100 Å². The highest BCUT2D eigenvalue weighted by molar-refractivity contribution is 5.65. The van der Waals surface area contributed by atoms with Gasteiger partial charge in [0.2, 0.25) is 0 Å². The van der Waals surface area contributed by atoms with Crippen LogP contribution in [0, 0.1) is 5.92 Å². The first kappa shape index (κ1) is 11.9. The van der Waals surface area contributed by atoms with Gasteiger partial charge in [-0.15, -0.1) is 0 Å². The van der Waals surface area contributed by atoms with Crippen LogP contribution in [0.1, 0.15) is 24.5 Å². The maximum absolute atomic E-state index is 11.0. The zero-order chi connectivity index (χ0) is 12.3. The van der Waals surface area contributed by atoms with E-state index < -0.39 is 12.2 Å². The zero-order valence-electron chi connectivity index (χ0n) is 9.62. The van der Waals surface area contributed by atoms with E-state index in [1.165, 1.54) is 4.90 Å². The van der Waals surface area contributed by atoms with E-state index >= 15 is 0 Å². The first-order valence-electron chi connectivity index (χ1n) is 5.87. The van der Waals surface area contributed by atoms with E-state index in [2.05, 4.69) is 0 Å². The molecule has 1 aliphatic rings. The predicted molar refractivity (Wildman–Crippen MR) is 63.7 cm³/mol. The average Bonchev–Trinajstić information content (AvgIpc) is 3.13. The monoisotopic (exact) mass is 235 g/mol. The standard InChI is InChI=1S/C13H17NO3/c15-12(11-4-2-1-3-5-11)9-14(13(16)17)8-10-6-7-10/h1-5,10,12,15H,6-9H2,(H,16,17)/t12-/m1/s1. The van der Waals surface area contributed by atoms with Crippen molar-refractivity contribution in [1.82, 2.24) is 4.90 Å². The van der Waals surface area contributed by atoms with Crippen molar-refractivity contribution >= 4 is 6.09 Å². The van der Waals surface area contributed by atoms with E-state index in [0.29, 0.717) is 12.5 Å². The summed E-state index contributed by atoms with van der Waals surface area (Å²) in [6.45, 7) is 0.690. The Kier molecular flexibility index (Phi) is 3.64. The molecule has 1 fully saturated rings. The summed E-state index contributed by atoms with van der Waals surface area (Å²) >= 11 is 0. The molecule has 1 aromatic carbocycles. The number of benzene rings is 1. The third kappa shape index (κ3) is 3.46. The van der Waals surface area contributed by atoms with Crippen LogP contribution in [0.3, 0.4) is 0 Å². The Balaban J connectivity index is 1.94. The molecule has 0 unspecified atom stereocenters. The number of amides is 1. The molecule has 0 aliphatic heterocycles. The number of carbonyl (C=O) groups is 1. The Hall–Kier alpha value is -1.55. The minimum Gasteiger partial charge on any atom is -0.465 e. The highest BCUT2D eigenvalue weighted by atomic mass is 16.4. The van der Waals surface area contributed by atoms with Crippen molar-refractivity contribution in [3.8, 4) is 0 Å². The highest BCUT2D eigenvalue weighted by Gasteiger charge is 2.27. The molecule has 0 radical (unpaired) electrons. The van der Waals surface area contributed by atoms with E-state index in [9.17, 15) is 9.90 Å². The second-order valence-electron chi connectivity index (χ2n) is 4.56. The molecule has 2 rings (SSSR count). The van der Waals surface area contributed by atoms with Crippen molar-refractivity contribution in [2.45, 2.75) is 18.9 Å². The lowest BCUT2D eigenvalue weighted by Crippen LogP contribution is -2.35. The topological polar surface area (TPSA) is 60.8 Å². The van der Waals surface area contributed by atoms with Crippen LogP contribution in [0.5, 0.6) is 0 Å². The SMILES string of the molecule is O=C(O)N(CC1CC1)C[C@@H](O)c1ccccc1. The normalized spacial score (nSPS) is 16.5. The molecule has 1 aromatic rings. The van der Waals surface area contributed by atoms with E-state index in [4.69, 9.17) is 5.11 Å². The number of rotatable bonds is 5. The van der Waals surface area contributed by atoms with Gasteiger partial charge in [-0.1, -0.05) is 30.3 Å². The average molecular weight is 235 g/mol. The van der Waals surface area contributed by atoms with Gasteiger partial charge >= 0.3 is 6.09 Å². The first-order valence-corrected chi connectivity index (χ1v) is 5.87. The van der Waals surface area contributed by atoms with Crippen LogP contribution in [0.4, 0.5) is 4.79 Å². The number of aliphatic hydroxyl groups is 1. The molecule has 0 aromatic heterocycles. The van der Waals surface area contributed by atoms with E-state index in [-0.39, 0.29) is 6.54 Å². The van der Waals surface area contributed by atoms with Crippen LogP contribution < -0.4 is 0 Å². The van der Waals surface area contributed by atoms with Crippen molar-refractivity contribution in [1.29, 1.82) is 0 Å². The van der Waals surface area contributed by atoms with E-state index in [0.717, 1.165) is 18.4 Å². The Morgan fingerprint density at radius 2 is 2.00 bits per heavy atom. The van der Waals surface area contributed by atoms with Crippen LogP contribution >= 0.6 is 0 Å². The summed E-state index contributed by atoms with van der Waals surface area (Å²) in [6.07, 6.45) is 0.508. The third-order valence-corrected chi connectivity index (χ3v) is 3.02. The molecular formula is C13H17NO3. The fourth-order valence-electron chi connectivity index (χ4n) is 1.83. The van der Waals surface area contributed by atoms with Crippen molar-refractivity contribution < 1.29 is 15.0 Å². The quantitative estimate of drug-likeness (QED) is 0.821. The molecule has 0 heterocycles. The number of hydrogen-bond donors (Lipinski definition) is 2. The highest BCUT2D eigenvalue weighted by Crippen LogP contribution is 2.30. The molecule has 4 heteroatoms. The summed E-state index contributed by atoms with van der Waals surface area (Å²) in [5, 5.41) is 19.0. The Bertz CT molecular complexity index is 376. The van der Waals surface area contributed by atoms with Gasteiger partial charge in [-0.05, 0) is 24.3 Å². The number of hydrogen-bond acceptors (Lipinski definition) is 2. The van der Waals surface area contributed by atoms with Gasteiger partial charge in [0.05, 0.1) is 12.6 Å². The predicted octanol–water partition coefficient (Wildman–Crippen LogP) is 2.11. The summed E-state index contributed by atoms with van der Waals surface area (Å²) in [5.41, 5.74) is 0.759. The number of carboxylic acid groups (broad SMARTS) is 1. The molecule has 0 spiro atoms. The minimum absolute atomic E-state index is 0.149. The molecule has 0 bridgehead atoms. The maximum atomic E-state index is 11.0. The van der Waals surface area contributed by atoms with Crippen LogP contribution in [-0.2, 0) is 0 Å². The third-order valence-electron chi connectivity index (χ3n) is 3.02. The summed E-state index contributed by atoms with van der Waals surface area (Å²) in [5.74, 6) is 0.495. The van der Waals surface area contributed by atoms with Gasteiger partial charge in [0.25, 0.3) is 0 Å². The molecule has 2 N–H and O–H groups in total. The van der Waals surface area contributed by atoms with Crippen LogP contribution in [0.2, 0.25) is 0 Å². The van der Waals surface area contributed by atoms with Crippen molar-refractivity contribution in [2.24, 2.45) is 5.92 Å². The number of nitrogens with zero attached hydrogens (tertiary/aromatic N) is 1. The molecule has 1 aliphatic carbocycles. The lowest BCUT2D eigenvalue weighted by molar-refractivity contribution is 0.0946. The van der Waals surface area contributed by atoms with E-state index in [1.54, 1.807) is 0 Å². The van der Waals surface area contributed by atoms with Crippen LogP contribution in [-0.4, -0.2) is 34.3 Å². The van der Waals surface area contributed by atoms with Gasteiger partial charge in [0.15, 0.2) is 0 Å².